The number of rotatable bonds is 7. The Morgan fingerprint density at radius 1 is 1.24 bits per heavy atom. The fourth-order valence-corrected chi connectivity index (χ4v) is 4.17. The lowest BCUT2D eigenvalue weighted by Gasteiger charge is -2.40. The number of nitrogens with zero attached hydrogens (tertiary/aromatic N) is 1. The van der Waals surface area contributed by atoms with Crippen molar-refractivity contribution >= 4 is 0 Å². The third-order valence-electron chi connectivity index (χ3n) is 5.78. The van der Waals surface area contributed by atoms with Crippen LogP contribution in [0.5, 0.6) is 5.75 Å². The second-order valence-electron chi connectivity index (χ2n) is 8.01. The Kier molecular flexibility index (Phi) is 6.93. The molecule has 0 N–H and O–H groups in total. The lowest BCUT2D eigenvalue weighted by Crippen LogP contribution is -2.45. The monoisotopic (exact) mass is 409 g/mol. The van der Waals surface area contributed by atoms with E-state index in [0.29, 0.717) is 0 Å². The number of ether oxygens (including phenoxy) is 1. The Morgan fingerprint density at radius 2 is 2.03 bits per heavy atom. The van der Waals surface area contributed by atoms with Crippen LogP contribution in [0.1, 0.15) is 56.1 Å². The molecule has 1 fully saturated rings. The first kappa shape index (κ1) is 21.8. The highest BCUT2D eigenvalue weighted by atomic mass is 19.4. The van der Waals surface area contributed by atoms with Gasteiger partial charge >= 0.3 is 6.18 Å². The number of hydrogen-bond donors (Lipinski definition) is 0. The quantitative estimate of drug-likeness (QED) is 0.538. The van der Waals surface area contributed by atoms with Gasteiger partial charge in [-0.1, -0.05) is 19.4 Å². The van der Waals surface area contributed by atoms with Crippen LogP contribution in [0, 0.1) is 12.8 Å². The van der Waals surface area contributed by atoms with Crippen molar-refractivity contribution < 1.29 is 22.3 Å². The zero-order valence-corrected chi connectivity index (χ0v) is 17.3. The Labute approximate surface area is 170 Å². The summed E-state index contributed by atoms with van der Waals surface area (Å²) in [4.78, 5) is 2.44. The van der Waals surface area contributed by atoms with Gasteiger partial charge in [0.05, 0.1) is 5.56 Å². The maximum absolute atomic E-state index is 13.0. The summed E-state index contributed by atoms with van der Waals surface area (Å²) < 4.78 is 51.1. The van der Waals surface area contributed by atoms with Gasteiger partial charge in [0.1, 0.15) is 23.4 Å². The summed E-state index contributed by atoms with van der Waals surface area (Å²) in [5.41, 5.74) is -0.686. The van der Waals surface area contributed by atoms with Gasteiger partial charge in [-0.05, 0) is 70.1 Å². The number of benzene rings is 1. The van der Waals surface area contributed by atoms with E-state index < -0.39 is 11.7 Å². The second-order valence-corrected chi connectivity index (χ2v) is 8.01. The third kappa shape index (κ3) is 5.56. The molecule has 29 heavy (non-hydrogen) atoms. The molecule has 3 rings (SSSR count). The number of furan rings is 1. The summed E-state index contributed by atoms with van der Waals surface area (Å²) in [6.45, 7) is 8.94. The van der Waals surface area contributed by atoms with E-state index in [0.717, 1.165) is 62.5 Å². The van der Waals surface area contributed by atoms with Gasteiger partial charge in [-0.2, -0.15) is 13.2 Å². The van der Waals surface area contributed by atoms with Gasteiger partial charge in [-0.15, -0.1) is 0 Å². The molecule has 0 spiro atoms. The highest BCUT2D eigenvalue weighted by Crippen LogP contribution is 2.38. The molecule has 1 aromatic heterocycles. The summed E-state index contributed by atoms with van der Waals surface area (Å²) >= 11 is 0. The van der Waals surface area contributed by atoms with E-state index in [1.165, 1.54) is 6.07 Å². The van der Waals surface area contributed by atoms with Gasteiger partial charge in [-0.25, -0.2) is 0 Å². The van der Waals surface area contributed by atoms with Crippen molar-refractivity contribution in [3.63, 3.8) is 0 Å². The Bertz CT molecular complexity index is 786. The third-order valence-corrected chi connectivity index (χ3v) is 5.78. The second kappa shape index (κ2) is 9.24. The van der Waals surface area contributed by atoms with E-state index in [4.69, 9.17) is 9.15 Å². The predicted octanol–water partition coefficient (Wildman–Crippen LogP) is 6.28. The molecular weight excluding hydrogens is 379 g/mol. The number of aryl methyl sites for hydroxylation is 1. The van der Waals surface area contributed by atoms with Crippen LogP contribution in [0.25, 0.3) is 0 Å². The van der Waals surface area contributed by atoms with Gasteiger partial charge in [0.25, 0.3) is 0 Å². The average Bonchev–Trinajstić information content (AvgIpc) is 3.12. The van der Waals surface area contributed by atoms with E-state index in [9.17, 15) is 13.2 Å². The number of hydrogen-bond acceptors (Lipinski definition) is 3. The Balaban J connectivity index is 1.78. The topological polar surface area (TPSA) is 25.6 Å². The van der Waals surface area contributed by atoms with E-state index in [-0.39, 0.29) is 23.7 Å². The molecule has 160 valence electrons. The minimum atomic E-state index is -4.38. The van der Waals surface area contributed by atoms with Gasteiger partial charge in [-0.3, -0.25) is 0 Å². The fourth-order valence-electron chi connectivity index (χ4n) is 4.17. The summed E-state index contributed by atoms with van der Waals surface area (Å²) in [7, 11) is 0. The van der Waals surface area contributed by atoms with Crippen LogP contribution in [0.2, 0.25) is 0 Å². The first-order valence-electron chi connectivity index (χ1n) is 10.4. The molecule has 0 aliphatic carbocycles. The summed E-state index contributed by atoms with van der Waals surface area (Å²) in [6, 6.07) is 9.13. The minimum Gasteiger partial charge on any atom is -0.490 e. The van der Waals surface area contributed by atoms with Crippen molar-refractivity contribution in [2.24, 2.45) is 5.92 Å². The molecule has 3 atom stereocenters. The molecule has 1 aliphatic heterocycles. The van der Waals surface area contributed by atoms with Crippen LogP contribution in [0.4, 0.5) is 13.2 Å². The van der Waals surface area contributed by atoms with Crippen molar-refractivity contribution in [3.05, 3.63) is 53.5 Å². The van der Waals surface area contributed by atoms with Crippen LogP contribution < -0.4 is 4.74 Å². The van der Waals surface area contributed by atoms with Crippen LogP contribution in [0.15, 0.2) is 40.8 Å². The first-order valence-corrected chi connectivity index (χ1v) is 10.4. The van der Waals surface area contributed by atoms with Crippen LogP contribution in [-0.4, -0.2) is 30.6 Å². The van der Waals surface area contributed by atoms with Crippen molar-refractivity contribution in [1.82, 2.24) is 4.90 Å². The number of likely N-dealkylation sites (tertiary alicyclic amines) is 1. The number of alkyl halides is 3. The predicted molar refractivity (Wildman–Crippen MR) is 107 cm³/mol. The molecule has 2 heterocycles. The zero-order chi connectivity index (χ0) is 21.0. The smallest absolute Gasteiger partial charge is 0.416 e. The highest BCUT2D eigenvalue weighted by molar-refractivity contribution is 5.30. The van der Waals surface area contributed by atoms with Gasteiger partial charge in [0.2, 0.25) is 0 Å². The molecule has 3 unspecified atom stereocenters. The summed E-state index contributed by atoms with van der Waals surface area (Å²) in [5, 5.41) is 0. The largest absolute Gasteiger partial charge is 0.490 e. The van der Waals surface area contributed by atoms with E-state index in [1.54, 1.807) is 6.07 Å². The normalized spacial score (nSPS) is 21.9. The van der Waals surface area contributed by atoms with Gasteiger partial charge < -0.3 is 14.1 Å². The zero-order valence-electron chi connectivity index (χ0n) is 17.3. The number of halogens is 3. The molecule has 1 aromatic carbocycles. The Morgan fingerprint density at radius 3 is 2.69 bits per heavy atom. The van der Waals surface area contributed by atoms with Crippen molar-refractivity contribution in [2.45, 2.75) is 58.2 Å². The van der Waals surface area contributed by atoms with Crippen molar-refractivity contribution in [1.29, 1.82) is 0 Å². The summed E-state index contributed by atoms with van der Waals surface area (Å²) in [6.07, 6.45) is -1.38. The fraction of sp³-hybridized carbons (Fsp3) is 0.565. The molecule has 0 bridgehead atoms. The molecule has 1 aliphatic rings. The van der Waals surface area contributed by atoms with E-state index >= 15 is 0 Å². The maximum atomic E-state index is 13.0. The molecule has 3 nitrogen and oxygen atoms in total. The van der Waals surface area contributed by atoms with Gasteiger partial charge in [0.15, 0.2) is 0 Å². The minimum absolute atomic E-state index is 0.140. The molecule has 1 saturated heterocycles. The maximum Gasteiger partial charge on any atom is 0.416 e. The van der Waals surface area contributed by atoms with Gasteiger partial charge in [0, 0.05) is 18.4 Å². The lowest BCUT2D eigenvalue weighted by molar-refractivity contribution is -0.137. The van der Waals surface area contributed by atoms with Crippen LogP contribution in [0.3, 0.4) is 0 Å². The lowest BCUT2D eigenvalue weighted by atomic mass is 9.80. The Hall–Kier alpha value is -1.95. The first-order chi connectivity index (χ1) is 13.8. The average molecular weight is 409 g/mol. The van der Waals surface area contributed by atoms with Crippen LogP contribution in [-0.2, 0) is 6.18 Å². The molecule has 0 saturated carbocycles. The summed E-state index contributed by atoms with van der Waals surface area (Å²) in [5.74, 6) is 2.41. The van der Waals surface area contributed by atoms with Crippen molar-refractivity contribution in [2.75, 3.05) is 19.6 Å². The molecule has 2 aromatic rings. The standard InChI is InChI=1S/C23H30F3NO2/c1-4-5-12-27-13-11-20(22-10-9-16(2)28-22)21(15-27)17(3)29-19-8-6-7-18(14-19)23(24,25)26/h6-10,14,17,20-21H,4-5,11-13,15H2,1-3H3. The number of piperidine rings is 1. The molecule has 6 heteroatoms. The SMILES string of the molecule is CCCCN1CCC(c2ccc(C)o2)C(C(C)Oc2cccc(C(F)(F)F)c2)C1. The van der Waals surface area contributed by atoms with Crippen molar-refractivity contribution in [3.8, 4) is 5.75 Å². The number of unbranched alkanes of at least 4 members (excludes halogenated alkanes) is 1. The highest BCUT2D eigenvalue weighted by Gasteiger charge is 2.37. The molecule has 0 amide bonds. The van der Waals surface area contributed by atoms with E-state index in [1.807, 2.05) is 26.0 Å². The van der Waals surface area contributed by atoms with E-state index in [2.05, 4.69) is 11.8 Å². The molecule has 0 radical (unpaired) electrons. The van der Waals surface area contributed by atoms with Crippen LogP contribution >= 0.6 is 0 Å². The molecular formula is C23H30F3NO2.